The maximum Gasteiger partial charge on any atom is 0.241 e. The number of ether oxygens (including phenoxy) is 2. The Hall–Kier alpha value is -2.60. The van der Waals surface area contributed by atoms with E-state index in [0.717, 1.165) is 24.9 Å². The molecule has 6 heteroatoms. The molecule has 0 radical (unpaired) electrons. The van der Waals surface area contributed by atoms with E-state index >= 15 is 0 Å². The highest BCUT2D eigenvalue weighted by molar-refractivity contribution is 5.96. The Bertz CT molecular complexity index is 745. The molecule has 1 fully saturated rings. The molecular formula is C19H21FN2O3. The highest BCUT2D eigenvalue weighted by Crippen LogP contribution is 2.27. The van der Waals surface area contributed by atoms with Crippen molar-refractivity contribution in [2.24, 2.45) is 0 Å². The van der Waals surface area contributed by atoms with Crippen LogP contribution in [0.25, 0.3) is 0 Å². The summed E-state index contributed by atoms with van der Waals surface area (Å²) in [7, 11) is 1.56. The average Bonchev–Trinajstić information content (AvgIpc) is 3.15. The van der Waals surface area contributed by atoms with Gasteiger partial charge in [0.05, 0.1) is 18.8 Å². The quantitative estimate of drug-likeness (QED) is 0.845. The van der Waals surface area contributed by atoms with Crippen LogP contribution in [0.15, 0.2) is 42.5 Å². The van der Waals surface area contributed by atoms with Crippen molar-refractivity contribution in [3.05, 3.63) is 53.8 Å². The largest absolute Gasteiger partial charge is 0.495 e. The molecule has 132 valence electrons. The Morgan fingerprint density at radius 1 is 1.32 bits per heavy atom. The zero-order valence-electron chi connectivity index (χ0n) is 14.0. The number of carbonyl (C=O) groups excluding carboxylic acids is 1. The molecule has 2 aromatic rings. The number of benzene rings is 2. The van der Waals surface area contributed by atoms with E-state index in [-0.39, 0.29) is 24.4 Å². The molecule has 0 aromatic heterocycles. The maximum absolute atomic E-state index is 13.2. The number of hydrogen-bond acceptors (Lipinski definition) is 4. The van der Waals surface area contributed by atoms with Crippen LogP contribution in [0.2, 0.25) is 0 Å². The molecule has 25 heavy (non-hydrogen) atoms. The van der Waals surface area contributed by atoms with Gasteiger partial charge < -0.3 is 20.1 Å². The van der Waals surface area contributed by atoms with Crippen LogP contribution in [0.3, 0.4) is 0 Å². The molecule has 1 heterocycles. The van der Waals surface area contributed by atoms with E-state index in [1.807, 2.05) is 12.1 Å². The van der Waals surface area contributed by atoms with Crippen LogP contribution in [0, 0.1) is 5.82 Å². The second-order valence-corrected chi connectivity index (χ2v) is 5.92. The fourth-order valence-electron chi connectivity index (χ4n) is 2.79. The van der Waals surface area contributed by atoms with Crippen molar-refractivity contribution in [1.29, 1.82) is 0 Å². The molecule has 3 rings (SSSR count). The van der Waals surface area contributed by atoms with Crippen molar-refractivity contribution >= 4 is 11.6 Å². The lowest BCUT2D eigenvalue weighted by molar-refractivity contribution is -0.117. The van der Waals surface area contributed by atoms with Gasteiger partial charge in [-0.25, -0.2) is 4.39 Å². The Balaban J connectivity index is 1.69. The van der Waals surface area contributed by atoms with Crippen LogP contribution in [0.1, 0.15) is 18.4 Å². The zero-order valence-corrected chi connectivity index (χ0v) is 14.0. The smallest absolute Gasteiger partial charge is 0.241 e. The topological polar surface area (TPSA) is 59.6 Å². The summed E-state index contributed by atoms with van der Waals surface area (Å²) in [6, 6.07) is 11.3. The third-order valence-corrected chi connectivity index (χ3v) is 4.10. The lowest BCUT2D eigenvalue weighted by atomic mass is 10.1. The van der Waals surface area contributed by atoms with Gasteiger partial charge in [-0.1, -0.05) is 12.1 Å². The van der Waals surface area contributed by atoms with Crippen LogP contribution in [-0.4, -0.2) is 25.6 Å². The molecule has 0 spiro atoms. The van der Waals surface area contributed by atoms with Crippen LogP contribution < -0.4 is 20.1 Å². The molecule has 5 nitrogen and oxygen atoms in total. The van der Waals surface area contributed by atoms with Gasteiger partial charge in [-0.3, -0.25) is 4.79 Å². The number of carbonyl (C=O) groups is 1. The van der Waals surface area contributed by atoms with Gasteiger partial charge in [0.1, 0.15) is 23.9 Å². The van der Waals surface area contributed by atoms with Gasteiger partial charge >= 0.3 is 0 Å². The first kappa shape index (κ1) is 17.2. The van der Waals surface area contributed by atoms with Crippen LogP contribution in [0.5, 0.6) is 11.5 Å². The van der Waals surface area contributed by atoms with E-state index in [0.29, 0.717) is 17.2 Å². The Morgan fingerprint density at radius 2 is 2.20 bits per heavy atom. The van der Waals surface area contributed by atoms with E-state index in [4.69, 9.17) is 9.47 Å². The summed E-state index contributed by atoms with van der Waals surface area (Å²) in [4.78, 5) is 12.3. The van der Waals surface area contributed by atoms with E-state index in [1.165, 1.54) is 12.1 Å². The third-order valence-electron chi connectivity index (χ3n) is 4.10. The predicted octanol–water partition coefficient (Wildman–Crippen LogP) is 3.10. The highest BCUT2D eigenvalue weighted by Gasteiger charge is 2.22. The van der Waals surface area contributed by atoms with Gasteiger partial charge in [-0.2, -0.15) is 0 Å². The van der Waals surface area contributed by atoms with Crippen LogP contribution in [0.4, 0.5) is 10.1 Å². The SMILES string of the molecule is COc1ccc(COc2cccc(F)c2)cc1NC(=O)C1CCCN1. The van der Waals surface area contributed by atoms with Gasteiger partial charge in [-0.15, -0.1) is 0 Å². The first-order valence-corrected chi connectivity index (χ1v) is 8.25. The second kappa shape index (κ2) is 7.98. The zero-order chi connectivity index (χ0) is 17.6. The molecule has 0 aliphatic carbocycles. The third kappa shape index (κ3) is 4.48. The fraction of sp³-hybridized carbons (Fsp3) is 0.316. The minimum atomic E-state index is -0.343. The Morgan fingerprint density at radius 3 is 2.92 bits per heavy atom. The van der Waals surface area contributed by atoms with Gasteiger partial charge in [0.15, 0.2) is 0 Å². The van der Waals surface area contributed by atoms with Gasteiger partial charge in [0.2, 0.25) is 5.91 Å². The molecule has 1 atom stereocenters. The van der Waals surface area contributed by atoms with Crippen molar-refractivity contribution in [2.45, 2.75) is 25.5 Å². The van der Waals surface area contributed by atoms with Crippen molar-refractivity contribution in [3.63, 3.8) is 0 Å². The summed E-state index contributed by atoms with van der Waals surface area (Å²) in [6.45, 7) is 1.12. The van der Waals surface area contributed by atoms with Gasteiger partial charge in [0, 0.05) is 6.07 Å². The number of nitrogens with one attached hydrogen (secondary N) is 2. The lowest BCUT2D eigenvalue weighted by Gasteiger charge is -2.15. The molecule has 1 aliphatic heterocycles. The molecule has 0 saturated carbocycles. The minimum Gasteiger partial charge on any atom is -0.495 e. The molecule has 1 amide bonds. The molecular weight excluding hydrogens is 323 g/mol. The Labute approximate surface area is 146 Å². The molecule has 0 bridgehead atoms. The van der Waals surface area contributed by atoms with E-state index in [9.17, 15) is 9.18 Å². The number of anilines is 1. The van der Waals surface area contributed by atoms with E-state index in [2.05, 4.69) is 10.6 Å². The minimum absolute atomic E-state index is 0.0704. The number of halogens is 1. The normalized spacial score (nSPS) is 16.5. The van der Waals surface area contributed by atoms with Crippen LogP contribution >= 0.6 is 0 Å². The fourth-order valence-corrected chi connectivity index (χ4v) is 2.79. The molecule has 2 aromatic carbocycles. The van der Waals surface area contributed by atoms with E-state index < -0.39 is 0 Å². The lowest BCUT2D eigenvalue weighted by Crippen LogP contribution is -2.35. The highest BCUT2D eigenvalue weighted by atomic mass is 19.1. The summed E-state index contributed by atoms with van der Waals surface area (Å²) in [6.07, 6.45) is 1.83. The molecule has 1 saturated heterocycles. The average molecular weight is 344 g/mol. The Kier molecular flexibility index (Phi) is 5.50. The summed E-state index contributed by atoms with van der Waals surface area (Å²) >= 11 is 0. The molecule has 1 aliphatic rings. The standard InChI is InChI=1S/C19H21FN2O3/c1-24-18-8-7-13(12-25-15-5-2-4-14(20)11-15)10-17(18)22-19(23)16-6-3-9-21-16/h2,4-5,7-8,10-11,16,21H,3,6,9,12H2,1H3,(H,22,23). The summed E-state index contributed by atoms with van der Waals surface area (Å²) in [5.74, 6) is 0.626. The first-order valence-electron chi connectivity index (χ1n) is 8.25. The maximum atomic E-state index is 13.2. The van der Waals surface area contributed by atoms with Crippen molar-refractivity contribution in [2.75, 3.05) is 19.0 Å². The first-order chi connectivity index (χ1) is 12.2. The number of amides is 1. The summed E-state index contributed by atoms with van der Waals surface area (Å²) in [5, 5.41) is 6.08. The molecule has 1 unspecified atom stereocenters. The predicted molar refractivity (Wildman–Crippen MR) is 93.4 cm³/mol. The van der Waals surface area contributed by atoms with Crippen molar-refractivity contribution in [3.8, 4) is 11.5 Å². The number of hydrogen-bond donors (Lipinski definition) is 2. The number of rotatable bonds is 6. The monoisotopic (exact) mass is 344 g/mol. The van der Waals surface area contributed by atoms with Crippen LogP contribution in [-0.2, 0) is 11.4 Å². The number of methoxy groups -OCH3 is 1. The van der Waals surface area contributed by atoms with Crippen molar-refractivity contribution < 1.29 is 18.7 Å². The van der Waals surface area contributed by atoms with Gasteiger partial charge in [0.25, 0.3) is 0 Å². The molecule has 2 N–H and O–H groups in total. The van der Waals surface area contributed by atoms with Gasteiger partial charge in [-0.05, 0) is 49.2 Å². The van der Waals surface area contributed by atoms with Crippen molar-refractivity contribution in [1.82, 2.24) is 5.32 Å². The van der Waals surface area contributed by atoms with E-state index in [1.54, 1.807) is 25.3 Å². The second-order valence-electron chi connectivity index (χ2n) is 5.92. The summed E-state index contributed by atoms with van der Waals surface area (Å²) in [5.41, 5.74) is 1.45. The summed E-state index contributed by atoms with van der Waals surface area (Å²) < 4.78 is 24.1.